The second-order valence-electron chi connectivity index (χ2n) is 3.67. The minimum absolute atomic E-state index is 0.0376. The smallest absolute Gasteiger partial charge is 0.120 e. The van der Waals surface area contributed by atoms with Crippen LogP contribution in [0.15, 0.2) is 24.4 Å². The Kier molecular flexibility index (Phi) is 2.64. The van der Waals surface area contributed by atoms with Gasteiger partial charge < -0.3 is 15.5 Å². The number of rotatable bonds is 3. The van der Waals surface area contributed by atoms with E-state index in [1.54, 1.807) is 0 Å². The quantitative estimate of drug-likeness (QED) is 0.807. The van der Waals surface area contributed by atoms with E-state index in [1.807, 2.05) is 38.2 Å². The fraction of sp³-hybridized carbons (Fsp3) is 0.333. The predicted octanol–water partition coefficient (Wildman–Crippen LogP) is 2.59. The van der Waals surface area contributed by atoms with E-state index in [9.17, 15) is 0 Å². The van der Waals surface area contributed by atoms with Gasteiger partial charge in [0.15, 0.2) is 0 Å². The molecule has 0 radical (unpaired) electrons. The molecule has 2 aromatic rings. The molecule has 1 aromatic heterocycles. The third-order valence-corrected chi connectivity index (χ3v) is 2.49. The Hall–Kier alpha value is -1.48. The van der Waals surface area contributed by atoms with E-state index in [0.717, 1.165) is 22.2 Å². The van der Waals surface area contributed by atoms with Gasteiger partial charge in [0.25, 0.3) is 0 Å². The Balaban J connectivity index is 2.51. The fourth-order valence-corrected chi connectivity index (χ4v) is 1.75. The number of nitrogens with one attached hydrogen (secondary N) is 1. The summed E-state index contributed by atoms with van der Waals surface area (Å²) in [7, 11) is 0. The van der Waals surface area contributed by atoms with Gasteiger partial charge in [0.2, 0.25) is 0 Å². The van der Waals surface area contributed by atoms with Crippen LogP contribution in [0.4, 0.5) is 0 Å². The maximum atomic E-state index is 5.89. The van der Waals surface area contributed by atoms with Crippen LogP contribution in [0.2, 0.25) is 0 Å². The first-order chi connectivity index (χ1) is 7.22. The number of aromatic nitrogens is 1. The van der Waals surface area contributed by atoms with E-state index in [1.165, 1.54) is 0 Å². The molecular weight excluding hydrogens is 188 g/mol. The predicted molar refractivity (Wildman–Crippen MR) is 62.1 cm³/mol. The van der Waals surface area contributed by atoms with Crippen LogP contribution in [0.5, 0.6) is 5.75 Å². The first kappa shape index (κ1) is 10.1. The molecular formula is C12H16N2O. The van der Waals surface area contributed by atoms with Gasteiger partial charge >= 0.3 is 0 Å². The molecule has 1 heterocycles. The first-order valence-electron chi connectivity index (χ1n) is 5.21. The standard InChI is InChI=1S/C12H16N2O/c1-3-15-9-4-5-12-10(6-9)11(7-14-12)8(2)13/h4-8,14H,3,13H2,1-2H3/t8-/m0/s1. The van der Waals surface area contributed by atoms with Crippen molar-refractivity contribution >= 4 is 10.9 Å². The highest BCUT2D eigenvalue weighted by atomic mass is 16.5. The summed E-state index contributed by atoms with van der Waals surface area (Å²) < 4.78 is 5.46. The van der Waals surface area contributed by atoms with Crippen LogP contribution in [-0.4, -0.2) is 11.6 Å². The maximum absolute atomic E-state index is 5.89. The average molecular weight is 204 g/mol. The molecule has 0 aliphatic carbocycles. The monoisotopic (exact) mass is 204 g/mol. The van der Waals surface area contributed by atoms with Crippen molar-refractivity contribution in [1.82, 2.24) is 4.98 Å². The van der Waals surface area contributed by atoms with Gasteiger partial charge in [-0.1, -0.05) is 0 Å². The summed E-state index contributed by atoms with van der Waals surface area (Å²) in [4.78, 5) is 3.20. The van der Waals surface area contributed by atoms with E-state index < -0.39 is 0 Å². The summed E-state index contributed by atoms with van der Waals surface area (Å²) in [6, 6.07) is 6.06. The highest BCUT2D eigenvalue weighted by Crippen LogP contribution is 2.26. The largest absolute Gasteiger partial charge is 0.494 e. The SMILES string of the molecule is CCOc1ccc2[nH]cc([C@H](C)N)c2c1. The summed E-state index contributed by atoms with van der Waals surface area (Å²) in [5, 5.41) is 1.15. The number of hydrogen-bond donors (Lipinski definition) is 2. The molecule has 1 atom stereocenters. The highest BCUT2D eigenvalue weighted by Gasteiger charge is 2.08. The molecule has 0 fully saturated rings. The zero-order valence-electron chi connectivity index (χ0n) is 9.08. The molecule has 0 spiro atoms. The number of H-pyrrole nitrogens is 1. The molecule has 15 heavy (non-hydrogen) atoms. The summed E-state index contributed by atoms with van der Waals surface area (Å²) in [5.41, 5.74) is 8.12. The van der Waals surface area contributed by atoms with Crippen molar-refractivity contribution in [1.29, 1.82) is 0 Å². The van der Waals surface area contributed by atoms with Gasteiger partial charge in [-0.3, -0.25) is 0 Å². The van der Waals surface area contributed by atoms with Gasteiger partial charge in [0.1, 0.15) is 5.75 Å². The van der Waals surface area contributed by atoms with Gasteiger partial charge in [-0.25, -0.2) is 0 Å². The molecule has 3 N–H and O–H groups in total. The van der Waals surface area contributed by atoms with Gasteiger partial charge in [0, 0.05) is 23.1 Å². The van der Waals surface area contributed by atoms with Gasteiger partial charge in [-0.15, -0.1) is 0 Å². The van der Waals surface area contributed by atoms with Crippen LogP contribution in [0.3, 0.4) is 0 Å². The van der Waals surface area contributed by atoms with Crippen molar-refractivity contribution in [3.05, 3.63) is 30.0 Å². The molecule has 0 aliphatic rings. The number of hydrogen-bond acceptors (Lipinski definition) is 2. The van der Waals surface area contributed by atoms with Gasteiger partial charge in [0.05, 0.1) is 6.61 Å². The molecule has 1 aromatic carbocycles. The minimum atomic E-state index is 0.0376. The fourth-order valence-electron chi connectivity index (χ4n) is 1.75. The van der Waals surface area contributed by atoms with Crippen molar-refractivity contribution in [2.45, 2.75) is 19.9 Å². The lowest BCUT2D eigenvalue weighted by Crippen LogP contribution is -2.03. The van der Waals surface area contributed by atoms with Gasteiger partial charge in [-0.2, -0.15) is 0 Å². The van der Waals surface area contributed by atoms with Gasteiger partial charge in [-0.05, 0) is 37.6 Å². The Bertz CT molecular complexity index is 460. The van der Waals surface area contributed by atoms with E-state index in [2.05, 4.69) is 4.98 Å². The minimum Gasteiger partial charge on any atom is -0.494 e. The number of ether oxygens (including phenoxy) is 1. The van der Waals surface area contributed by atoms with Crippen molar-refractivity contribution in [3.8, 4) is 5.75 Å². The van der Waals surface area contributed by atoms with Crippen molar-refractivity contribution in [2.24, 2.45) is 5.73 Å². The number of benzene rings is 1. The summed E-state index contributed by atoms with van der Waals surface area (Å²) >= 11 is 0. The Morgan fingerprint density at radius 3 is 2.93 bits per heavy atom. The molecule has 80 valence electrons. The summed E-state index contributed by atoms with van der Waals surface area (Å²) in [6.45, 7) is 4.65. The number of fused-ring (bicyclic) bond motifs is 1. The molecule has 2 rings (SSSR count). The van der Waals surface area contributed by atoms with E-state index >= 15 is 0 Å². The molecule has 0 saturated carbocycles. The normalized spacial score (nSPS) is 13.0. The molecule has 0 saturated heterocycles. The Labute approximate surface area is 89.2 Å². The van der Waals surface area contributed by atoms with E-state index in [0.29, 0.717) is 6.61 Å². The lowest BCUT2D eigenvalue weighted by Gasteiger charge is -2.05. The lowest BCUT2D eigenvalue weighted by atomic mass is 10.1. The molecule has 3 nitrogen and oxygen atoms in total. The van der Waals surface area contributed by atoms with Crippen LogP contribution >= 0.6 is 0 Å². The second-order valence-corrected chi connectivity index (χ2v) is 3.67. The van der Waals surface area contributed by atoms with Crippen LogP contribution < -0.4 is 10.5 Å². The number of aromatic amines is 1. The van der Waals surface area contributed by atoms with Crippen LogP contribution in [0.25, 0.3) is 10.9 Å². The average Bonchev–Trinajstić information content (AvgIpc) is 2.61. The topological polar surface area (TPSA) is 51.0 Å². The Morgan fingerprint density at radius 2 is 2.27 bits per heavy atom. The Morgan fingerprint density at radius 1 is 1.47 bits per heavy atom. The zero-order valence-corrected chi connectivity index (χ0v) is 9.08. The molecule has 0 unspecified atom stereocenters. The maximum Gasteiger partial charge on any atom is 0.120 e. The van der Waals surface area contributed by atoms with E-state index in [4.69, 9.17) is 10.5 Å². The molecule has 0 bridgehead atoms. The molecule has 0 amide bonds. The first-order valence-corrected chi connectivity index (χ1v) is 5.21. The molecule has 3 heteroatoms. The second kappa shape index (κ2) is 3.95. The third-order valence-electron chi connectivity index (χ3n) is 2.49. The van der Waals surface area contributed by atoms with Crippen LogP contribution in [0.1, 0.15) is 25.5 Å². The van der Waals surface area contributed by atoms with Crippen molar-refractivity contribution < 1.29 is 4.74 Å². The lowest BCUT2D eigenvalue weighted by molar-refractivity contribution is 0.340. The van der Waals surface area contributed by atoms with E-state index in [-0.39, 0.29) is 6.04 Å². The van der Waals surface area contributed by atoms with Crippen molar-refractivity contribution in [3.63, 3.8) is 0 Å². The van der Waals surface area contributed by atoms with Crippen LogP contribution in [-0.2, 0) is 0 Å². The number of nitrogens with two attached hydrogens (primary N) is 1. The molecule has 0 aliphatic heterocycles. The summed E-state index contributed by atoms with van der Waals surface area (Å²) in [5.74, 6) is 0.895. The van der Waals surface area contributed by atoms with Crippen LogP contribution in [0, 0.1) is 0 Å². The highest BCUT2D eigenvalue weighted by molar-refractivity contribution is 5.85. The zero-order chi connectivity index (χ0) is 10.8. The third kappa shape index (κ3) is 1.83. The summed E-state index contributed by atoms with van der Waals surface area (Å²) in [6.07, 6.45) is 1.96. The van der Waals surface area contributed by atoms with Crippen molar-refractivity contribution in [2.75, 3.05) is 6.61 Å².